The second-order valence-electron chi connectivity index (χ2n) is 7.67. The highest BCUT2D eigenvalue weighted by molar-refractivity contribution is 7.91. The molecule has 1 amide bonds. The maximum absolute atomic E-state index is 13.0. The van der Waals surface area contributed by atoms with Crippen LogP contribution in [0, 0.1) is 5.82 Å². The number of sulfone groups is 1. The lowest BCUT2D eigenvalue weighted by molar-refractivity contribution is -0.115. The molecule has 3 rings (SSSR count). The van der Waals surface area contributed by atoms with E-state index in [1.807, 2.05) is 13.8 Å². The fourth-order valence-corrected chi connectivity index (χ4v) is 6.23. The van der Waals surface area contributed by atoms with Crippen LogP contribution < -0.4 is 5.32 Å². The predicted molar refractivity (Wildman–Crippen MR) is 117 cm³/mol. The second-order valence-corrected chi connectivity index (χ2v) is 11.7. The standard InChI is InChI=1S/C21H25FN2O6S2/c1-15-13-24(14-16(2)30-15)32(28,29)20-9-5-18(6-10-20)23-21(25)11-12-31(26,27)19-7-3-17(22)4-8-19/h3-10,15-16H,11-14H2,1-2H3,(H,23,25). The lowest BCUT2D eigenvalue weighted by Crippen LogP contribution is -2.48. The molecule has 1 fully saturated rings. The van der Waals surface area contributed by atoms with Crippen LogP contribution in [0.4, 0.5) is 10.1 Å². The number of benzene rings is 2. The van der Waals surface area contributed by atoms with Gasteiger partial charge in [0.15, 0.2) is 9.84 Å². The number of carbonyl (C=O) groups is 1. The Bertz CT molecular complexity index is 1160. The lowest BCUT2D eigenvalue weighted by atomic mass is 10.3. The number of nitrogens with one attached hydrogen (secondary N) is 1. The molecule has 2 aromatic rings. The van der Waals surface area contributed by atoms with Crippen molar-refractivity contribution in [3.63, 3.8) is 0 Å². The molecular weight excluding hydrogens is 459 g/mol. The number of amides is 1. The summed E-state index contributed by atoms with van der Waals surface area (Å²) < 4.78 is 70.2. The second kappa shape index (κ2) is 9.65. The van der Waals surface area contributed by atoms with E-state index in [0.29, 0.717) is 5.69 Å². The first-order valence-corrected chi connectivity index (χ1v) is 13.1. The number of anilines is 1. The fourth-order valence-electron chi connectivity index (χ4n) is 3.40. The van der Waals surface area contributed by atoms with Crippen molar-refractivity contribution in [1.82, 2.24) is 4.31 Å². The van der Waals surface area contributed by atoms with E-state index in [0.717, 1.165) is 24.3 Å². The van der Waals surface area contributed by atoms with Gasteiger partial charge in [-0.25, -0.2) is 21.2 Å². The number of hydrogen-bond donors (Lipinski definition) is 1. The van der Waals surface area contributed by atoms with Gasteiger partial charge >= 0.3 is 0 Å². The summed E-state index contributed by atoms with van der Waals surface area (Å²) in [6.07, 6.45) is -0.722. The summed E-state index contributed by atoms with van der Waals surface area (Å²) in [5, 5.41) is 2.56. The van der Waals surface area contributed by atoms with Crippen LogP contribution in [0.5, 0.6) is 0 Å². The Morgan fingerprint density at radius 2 is 1.50 bits per heavy atom. The Balaban J connectivity index is 1.60. The minimum atomic E-state index is -3.73. The molecule has 1 N–H and O–H groups in total. The van der Waals surface area contributed by atoms with E-state index in [1.54, 1.807) is 0 Å². The molecule has 1 aliphatic rings. The molecule has 8 nitrogen and oxygen atoms in total. The highest BCUT2D eigenvalue weighted by Crippen LogP contribution is 2.22. The Labute approximate surface area is 187 Å². The molecule has 32 heavy (non-hydrogen) atoms. The van der Waals surface area contributed by atoms with E-state index in [2.05, 4.69) is 5.32 Å². The smallest absolute Gasteiger partial charge is 0.243 e. The van der Waals surface area contributed by atoms with Gasteiger partial charge in [0.25, 0.3) is 0 Å². The molecular formula is C21H25FN2O6S2. The average molecular weight is 485 g/mol. The highest BCUT2D eigenvalue weighted by Gasteiger charge is 2.32. The van der Waals surface area contributed by atoms with Gasteiger partial charge in [0.1, 0.15) is 5.82 Å². The molecule has 2 atom stereocenters. The minimum Gasteiger partial charge on any atom is -0.373 e. The number of hydrogen-bond acceptors (Lipinski definition) is 6. The van der Waals surface area contributed by atoms with Crippen LogP contribution in [0.1, 0.15) is 20.3 Å². The summed E-state index contributed by atoms with van der Waals surface area (Å²) in [6.45, 7) is 4.14. The molecule has 0 saturated carbocycles. The Morgan fingerprint density at radius 1 is 0.969 bits per heavy atom. The van der Waals surface area contributed by atoms with Crippen molar-refractivity contribution in [3.05, 3.63) is 54.3 Å². The summed E-state index contributed by atoms with van der Waals surface area (Å²) in [5.74, 6) is -1.53. The molecule has 2 unspecified atom stereocenters. The number of ether oxygens (including phenoxy) is 1. The summed E-state index contributed by atoms with van der Waals surface area (Å²) >= 11 is 0. The highest BCUT2D eigenvalue weighted by atomic mass is 32.2. The third-order valence-corrected chi connectivity index (χ3v) is 8.51. The number of morpholine rings is 1. The van der Waals surface area contributed by atoms with Gasteiger partial charge in [-0.2, -0.15) is 4.31 Å². The molecule has 0 radical (unpaired) electrons. The van der Waals surface area contributed by atoms with E-state index >= 15 is 0 Å². The SMILES string of the molecule is CC1CN(S(=O)(=O)c2ccc(NC(=O)CCS(=O)(=O)c3ccc(F)cc3)cc2)CC(C)O1. The van der Waals surface area contributed by atoms with Gasteiger partial charge in [-0.05, 0) is 62.4 Å². The summed E-state index contributed by atoms with van der Waals surface area (Å²) in [4.78, 5) is 12.2. The van der Waals surface area contributed by atoms with E-state index in [-0.39, 0.29) is 41.5 Å². The van der Waals surface area contributed by atoms with Crippen molar-refractivity contribution in [2.75, 3.05) is 24.2 Å². The first kappa shape index (κ1) is 24.3. The first-order valence-electron chi connectivity index (χ1n) is 10.0. The molecule has 1 heterocycles. The van der Waals surface area contributed by atoms with Crippen LogP contribution in [0.2, 0.25) is 0 Å². The van der Waals surface area contributed by atoms with Crippen molar-refractivity contribution >= 4 is 31.5 Å². The summed E-state index contributed by atoms with van der Waals surface area (Å²) in [5.41, 5.74) is 0.344. The van der Waals surface area contributed by atoms with Crippen LogP contribution in [0.3, 0.4) is 0 Å². The van der Waals surface area contributed by atoms with Crippen LogP contribution in [-0.2, 0) is 29.4 Å². The molecule has 2 aromatic carbocycles. The van der Waals surface area contributed by atoms with Crippen molar-refractivity contribution < 1.29 is 30.8 Å². The molecule has 1 saturated heterocycles. The van der Waals surface area contributed by atoms with Gasteiger partial charge in [0, 0.05) is 25.2 Å². The zero-order chi connectivity index (χ0) is 23.5. The van der Waals surface area contributed by atoms with Crippen molar-refractivity contribution in [3.8, 4) is 0 Å². The lowest BCUT2D eigenvalue weighted by Gasteiger charge is -2.34. The number of nitrogens with zero attached hydrogens (tertiary/aromatic N) is 1. The average Bonchev–Trinajstić information content (AvgIpc) is 2.72. The third kappa shape index (κ3) is 5.91. The van der Waals surface area contributed by atoms with Gasteiger partial charge in [0.05, 0.1) is 27.8 Å². The maximum Gasteiger partial charge on any atom is 0.243 e. The molecule has 0 aliphatic carbocycles. The van der Waals surface area contributed by atoms with E-state index in [1.165, 1.54) is 28.6 Å². The quantitative estimate of drug-likeness (QED) is 0.605. The molecule has 174 valence electrons. The van der Waals surface area contributed by atoms with Gasteiger partial charge in [-0.3, -0.25) is 4.79 Å². The molecule has 0 bridgehead atoms. The van der Waals surface area contributed by atoms with Gasteiger partial charge in [0.2, 0.25) is 15.9 Å². The topological polar surface area (TPSA) is 110 Å². The number of rotatable bonds is 7. The van der Waals surface area contributed by atoms with Crippen molar-refractivity contribution in [2.24, 2.45) is 0 Å². The summed E-state index contributed by atoms with van der Waals surface area (Å²) in [6, 6.07) is 10.1. The molecule has 0 spiro atoms. The number of sulfonamides is 1. The van der Waals surface area contributed by atoms with Crippen LogP contribution >= 0.6 is 0 Å². The monoisotopic (exact) mass is 484 g/mol. The molecule has 1 aliphatic heterocycles. The Morgan fingerprint density at radius 3 is 2.06 bits per heavy atom. The van der Waals surface area contributed by atoms with Gasteiger partial charge < -0.3 is 10.1 Å². The van der Waals surface area contributed by atoms with E-state index in [9.17, 15) is 26.0 Å². The predicted octanol–water partition coefficient (Wildman–Crippen LogP) is 2.43. The fraction of sp³-hybridized carbons (Fsp3) is 0.381. The van der Waals surface area contributed by atoms with Crippen molar-refractivity contribution in [2.45, 2.75) is 42.3 Å². The first-order chi connectivity index (χ1) is 15.0. The molecule has 11 heteroatoms. The normalized spacial score (nSPS) is 20.1. The maximum atomic E-state index is 13.0. The number of halogens is 1. The van der Waals surface area contributed by atoms with E-state index < -0.39 is 37.3 Å². The molecule has 0 aromatic heterocycles. The number of carbonyl (C=O) groups excluding carboxylic acids is 1. The van der Waals surface area contributed by atoms with E-state index in [4.69, 9.17) is 4.74 Å². The van der Waals surface area contributed by atoms with Crippen LogP contribution in [0.25, 0.3) is 0 Å². The Kier molecular flexibility index (Phi) is 7.33. The van der Waals surface area contributed by atoms with Gasteiger partial charge in [-0.1, -0.05) is 0 Å². The van der Waals surface area contributed by atoms with Gasteiger partial charge in [-0.15, -0.1) is 0 Å². The minimum absolute atomic E-state index is 0.0620. The summed E-state index contributed by atoms with van der Waals surface area (Å²) in [7, 11) is -7.44. The van der Waals surface area contributed by atoms with Crippen LogP contribution in [0.15, 0.2) is 58.3 Å². The zero-order valence-electron chi connectivity index (χ0n) is 17.7. The van der Waals surface area contributed by atoms with Crippen molar-refractivity contribution in [1.29, 1.82) is 0 Å². The third-order valence-electron chi connectivity index (χ3n) is 4.93. The van der Waals surface area contributed by atoms with Crippen LogP contribution in [-0.4, -0.2) is 58.1 Å². The largest absolute Gasteiger partial charge is 0.373 e. The zero-order valence-corrected chi connectivity index (χ0v) is 19.3. The Hall–Kier alpha value is -2.34.